The van der Waals surface area contributed by atoms with Crippen LogP contribution in [0.25, 0.3) is 17.1 Å². The van der Waals surface area contributed by atoms with Crippen LogP contribution < -0.4 is 4.74 Å². The first kappa shape index (κ1) is 22.3. The molecule has 0 bridgehead atoms. The Bertz CT molecular complexity index is 1020. The van der Waals surface area contributed by atoms with E-state index in [-0.39, 0.29) is 18.3 Å². The highest BCUT2D eigenvalue weighted by molar-refractivity contribution is 7.99. The van der Waals surface area contributed by atoms with Crippen molar-refractivity contribution in [3.63, 3.8) is 0 Å². The van der Waals surface area contributed by atoms with Crippen molar-refractivity contribution >= 4 is 17.7 Å². The molecule has 0 atom stereocenters. The topological polar surface area (TPSA) is 96.6 Å². The van der Waals surface area contributed by atoms with Crippen molar-refractivity contribution in [3.8, 4) is 22.8 Å². The van der Waals surface area contributed by atoms with Crippen LogP contribution >= 0.6 is 11.8 Å². The summed E-state index contributed by atoms with van der Waals surface area (Å²) in [6.07, 6.45) is 3.46. The Hall–Kier alpha value is -2.95. The summed E-state index contributed by atoms with van der Waals surface area (Å²) in [6, 6.07) is 11.4. The van der Waals surface area contributed by atoms with Crippen molar-refractivity contribution in [2.75, 3.05) is 52.2 Å². The number of aliphatic hydroxyl groups excluding tert-OH is 1. The van der Waals surface area contributed by atoms with Gasteiger partial charge < -0.3 is 14.7 Å². The van der Waals surface area contributed by atoms with Crippen LogP contribution in [0.4, 0.5) is 0 Å². The lowest BCUT2D eigenvalue weighted by Gasteiger charge is -2.34. The molecule has 1 N–H and O–H groups in total. The van der Waals surface area contributed by atoms with Crippen LogP contribution in [0.1, 0.15) is 0 Å². The zero-order valence-corrected chi connectivity index (χ0v) is 18.7. The number of benzene rings is 1. The van der Waals surface area contributed by atoms with Gasteiger partial charge in [0.1, 0.15) is 5.75 Å². The molecule has 4 rings (SSSR count). The molecule has 1 aliphatic heterocycles. The molecule has 168 valence electrons. The minimum absolute atomic E-state index is 0.0749. The molecule has 9 nitrogen and oxygen atoms in total. The lowest BCUT2D eigenvalue weighted by molar-refractivity contribution is -0.130. The van der Waals surface area contributed by atoms with E-state index in [1.54, 1.807) is 19.5 Å². The Balaban J connectivity index is 1.52. The van der Waals surface area contributed by atoms with Crippen LogP contribution in [0.2, 0.25) is 0 Å². The number of nitrogens with zero attached hydrogens (tertiary/aromatic N) is 6. The maximum absolute atomic E-state index is 12.8. The largest absolute Gasteiger partial charge is 0.497 e. The molecule has 0 aliphatic carbocycles. The number of thioether (sulfide) groups is 1. The number of aliphatic hydroxyl groups is 1. The highest BCUT2D eigenvalue weighted by Gasteiger charge is 2.23. The Labute approximate surface area is 191 Å². The van der Waals surface area contributed by atoms with Gasteiger partial charge in [0.2, 0.25) is 5.91 Å². The second-order valence-electron chi connectivity index (χ2n) is 7.32. The molecule has 0 saturated carbocycles. The van der Waals surface area contributed by atoms with Crippen LogP contribution in [0.15, 0.2) is 53.9 Å². The summed E-state index contributed by atoms with van der Waals surface area (Å²) < 4.78 is 7.22. The maximum Gasteiger partial charge on any atom is 0.233 e. The number of methoxy groups -OCH3 is 1. The number of hydrogen-bond donors (Lipinski definition) is 1. The zero-order valence-electron chi connectivity index (χ0n) is 17.9. The van der Waals surface area contributed by atoms with Gasteiger partial charge in [-0.25, -0.2) is 0 Å². The summed E-state index contributed by atoms with van der Waals surface area (Å²) >= 11 is 1.37. The lowest BCUT2D eigenvalue weighted by atomic mass is 10.2. The van der Waals surface area contributed by atoms with Crippen molar-refractivity contribution in [2.45, 2.75) is 5.16 Å². The van der Waals surface area contributed by atoms with Crippen LogP contribution in [0.3, 0.4) is 0 Å². The molecule has 1 aromatic carbocycles. The van der Waals surface area contributed by atoms with E-state index in [0.29, 0.717) is 30.6 Å². The van der Waals surface area contributed by atoms with Crippen molar-refractivity contribution < 1.29 is 14.6 Å². The molecular formula is C22H26N6O3S. The van der Waals surface area contributed by atoms with Gasteiger partial charge in [0.15, 0.2) is 11.0 Å². The van der Waals surface area contributed by atoms with E-state index in [9.17, 15) is 4.79 Å². The number of carbonyl (C=O) groups is 1. The summed E-state index contributed by atoms with van der Waals surface area (Å²) in [6.45, 7) is 3.70. The molecule has 1 aliphatic rings. The number of carbonyl (C=O) groups excluding carboxylic acids is 1. The average molecular weight is 455 g/mol. The fraction of sp³-hybridized carbons (Fsp3) is 0.364. The number of pyridine rings is 1. The van der Waals surface area contributed by atoms with Crippen molar-refractivity contribution in [3.05, 3.63) is 48.8 Å². The highest BCUT2D eigenvalue weighted by atomic mass is 32.2. The van der Waals surface area contributed by atoms with Crippen molar-refractivity contribution in [2.24, 2.45) is 0 Å². The first-order valence-electron chi connectivity index (χ1n) is 10.4. The van der Waals surface area contributed by atoms with Gasteiger partial charge in [-0.3, -0.25) is 19.2 Å². The second kappa shape index (κ2) is 10.6. The molecular weight excluding hydrogens is 428 g/mol. The minimum Gasteiger partial charge on any atom is -0.497 e. The first-order chi connectivity index (χ1) is 15.7. The lowest BCUT2D eigenvalue weighted by Crippen LogP contribution is -2.49. The molecule has 32 heavy (non-hydrogen) atoms. The van der Waals surface area contributed by atoms with Gasteiger partial charge in [-0.1, -0.05) is 11.8 Å². The second-order valence-corrected chi connectivity index (χ2v) is 8.26. The van der Waals surface area contributed by atoms with E-state index in [4.69, 9.17) is 9.84 Å². The summed E-state index contributed by atoms with van der Waals surface area (Å²) in [5.74, 6) is 1.78. The maximum atomic E-state index is 12.8. The standard InChI is InChI=1S/C22H26N6O3S/c1-31-19-6-4-18(5-7-19)28-21(17-3-2-8-23-15-17)24-25-22(28)32-16-20(30)27-11-9-26(10-12-27)13-14-29/h2-8,15,29H,9-14,16H2,1H3. The number of amides is 1. The monoisotopic (exact) mass is 454 g/mol. The summed E-state index contributed by atoms with van der Waals surface area (Å²) in [5.41, 5.74) is 1.72. The summed E-state index contributed by atoms with van der Waals surface area (Å²) in [5, 5.41) is 18.5. The smallest absolute Gasteiger partial charge is 0.233 e. The van der Waals surface area contributed by atoms with Gasteiger partial charge in [-0.15, -0.1) is 10.2 Å². The van der Waals surface area contributed by atoms with Crippen LogP contribution in [-0.2, 0) is 4.79 Å². The van der Waals surface area contributed by atoms with Gasteiger partial charge in [-0.2, -0.15) is 0 Å². The summed E-state index contributed by atoms with van der Waals surface area (Å²) in [4.78, 5) is 21.0. The number of ether oxygens (including phenoxy) is 1. The normalized spacial score (nSPS) is 14.5. The molecule has 0 unspecified atom stereocenters. The van der Waals surface area contributed by atoms with E-state index in [0.717, 1.165) is 30.1 Å². The highest BCUT2D eigenvalue weighted by Crippen LogP contribution is 2.28. The third-order valence-electron chi connectivity index (χ3n) is 5.35. The molecule has 2 aromatic heterocycles. The Morgan fingerprint density at radius 3 is 2.56 bits per heavy atom. The number of piperazine rings is 1. The van der Waals surface area contributed by atoms with E-state index >= 15 is 0 Å². The number of rotatable bonds is 8. The minimum atomic E-state index is 0.0749. The van der Waals surface area contributed by atoms with Crippen molar-refractivity contribution in [1.29, 1.82) is 0 Å². The number of β-amino-alcohol motifs (C(OH)–C–C–N with tert-alkyl or cyclic N) is 1. The van der Waals surface area contributed by atoms with Gasteiger partial charge >= 0.3 is 0 Å². The van der Waals surface area contributed by atoms with Gasteiger partial charge in [-0.05, 0) is 36.4 Å². The van der Waals surface area contributed by atoms with Gasteiger partial charge in [0.05, 0.1) is 19.5 Å². The van der Waals surface area contributed by atoms with Gasteiger partial charge in [0.25, 0.3) is 0 Å². The molecule has 1 fully saturated rings. The van der Waals surface area contributed by atoms with E-state index in [2.05, 4.69) is 20.1 Å². The van der Waals surface area contributed by atoms with E-state index in [1.807, 2.05) is 45.9 Å². The third kappa shape index (κ3) is 5.09. The van der Waals surface area contributed by atoms with Crippen molar-refractivity contribution in [1.82, 2.24) is 29.5 Å². The predicted molar refractivity (Wildman–Crippen MR) is 122 cm³/mol. The summed E-state index contributed by atoms with van der Waals surface area (Å²) in [7, 11) is 1.63. The molecule has 0 radical (unpaired) electrons. The Morgan fingerprint density at radius 2 is 1.91 bits per heavy atom. The number of hydrogen-bond acceptors (Lipinski definition) is 8. The SMILES string of the molecule is COc1ccc(-n2c(SCC(=O)N3CCN(CCO)CC3)nnc2-c2cccnc2)cc1. The average Bonchev–Trinajstić information content (AvgIpc) is 3.28. The van der Waals surface area contributed by atoms with Crippen LogP contribution in [0.5, 0.6) is 5.75 Å². The third-order valence-corrected chi connectivity index (χ3v) is 6.26. The molecule has 0 spiro atoms. The molecule has 1 amide bonds. The fourth-order valence-electron chi connectivity index (χ4n) is 3.59. The zero-order chi connectivity index (χ0) is 22.3. The van der Waals surface area contributed by atoms with Gasteiger partial charge in [0, 0.05) is 56.4 Å². The molecule has 10 heteroatoms. The molecule has 3 heterocycles. The first-order valence-corrected chi connectivity index (χ1v) is 11.4. The quantitative estimate of drug-likeness (QED) is 0.513. The molecule has 1 saturated heterocycles. The Kier molecular flexibility index (Phi) is 7.35. The fourth-order valence-corrected chi connectivity index (χ4v) is 4.44. The Morgan fingerprint density at radius 1 is 1.12 bits per heavy atom. The molecule has 3 aromatic rings. The van der Waals surface area contributed by atoms with Crippen LogP contribution in [-0.4, -0.2) is 92.8 Å². The van der Waals surface area contributed by atoms with E-state index in [1.165, 1.54) is 11.8 Å². The van der Waals surface area contributed by atoms with Crippen LogP contribution in [0, 0.1) is 0 Å². The number of aromatic nitrogens is 4. The van der Waals surface area contributed by atoms with E-state index < -0.39 is 0 Å². The predicted octanol–water partition coefficient (Wildman–Crippen LogP) is 1.57.